The average molecular weight is 148 g/mol. The molecule has 54 valence electrons. The molecule has 0 aliphatic heterocycles. The molecule has 0 rings (SSSR count). The Bertz CT molecular complexity index is 83.1. The lowest BCUT2D eigenvalue weighted by Crippen LogP contribution is -1.90. The summed E-state index contributed by atoms with van der Waals surface area (Å²) in [5.41, 5.74) is 0. The first-order chi connectivity index (χ1) is 4.27. The molecule has 3 heteroatoms. The van der Waals surface area contributed by atoms with Gasteiger partial charge in [-0.05, 0) is 6.42 Å². The van der Waals surface area contributed by atoms with Crippen molar-refractivity contribution in [1.82, 2.24) is 0 Å². The summed E-state index contributed by atoms with van der Waals surface area (Å²) in [6.45, 7) is 3.52. The van der Waals surface area contributed by atoms with Crippen LogP contribution in [0.2, 0.25) is 0 Å². The zero-order chi connectivity index (χ0) is 7.11. The molecule has 0 atom stereocenters. The number of carbonyl (C=O) groups excluding carboxylic acids is 1. The highest BCUT2D eigenvalue weighted by atomic mass is 32.2. The molecule has 0 fully saturated rings. The Morgan fingerprint density at radius 2 is 2.33 bits per heavy atom. The zero-order valence-electron chi connectivity index (χ0n) is 5.85. The van der Waals surface area contributed by atoms with Gasteiger partial charge in [0.2, 0.25) is 0 Å². The highest BCUT2D eigenvalue weighted by Crippen LogP contribution is 2.05. The van der Waals surface area contributed by atoms with Gasteiger partial charge in [-0.15, -0.1) is 0 Å². The first kappa shape index (κ1) is 8.82. The van der Waals surface area contributed by atoms with Gasteiger partial charge in [-0.2, -0.15) is 0 Å². The van der Waals surface area contributed by atoms with Crippen LogP contribution in [0.25, 0.3) is 0 Å². The van der Waals surface area contributed by atoms with Crippen LogP contribution in [-0.4, -0.2) is 11.7 Å². The van der Waals surface area contributed by atoms with Crippen LogP contribution in [0.5, 0.6) is 0 Å². The van der Waals surface area contributed by atoms with E-state index in [1.807, 2.05) is 0 Å². The van der Waals surface area contributed by atoms with Crippen LogP contribution >= 0.6 is 12.0 Å². The minimum absolute atomic E-state index is 0.212. The highest BCUT2D eigenvalue weighted by Gasteiger charge is 1.91. The first-order valence-electron chi connectivity index (χ1n) is 3.07. The summed E-state index contributed by atoms with van der Waals surface area (Å²) in [7, 11) is 0. The van der Waals surface area contributed by atoms with Crippen molar-refractivity contribution in [3.63, 3.8) is 0 Å². The van der Waals surface area contributed by atoms with Gasteiger partial charge >= 0.3 is 5.97 Å². The summed E-state index contributed by atoms with van der Waals surface area (Å²) < 4.78 is 4.62. The Kier molecular flexibility index (Phi) is 5.83. The van der Waals surface area contributed by atoms with Crippen molar-refractivity contribution in [1.29, 1.82) is 0 Å². The van der Waals surface area contributed by atoms with Crippen LogP contribution in [0.3, 0.4) is 0 Å². The van der Waals surface area contributed by atoms with Crippen molar-refractivity contribution in [3.8, 4) is 0 Å². The molecule has 0 amide bonds. The Hall–Kier alpha value is -0.180. The summed E-state index contributed by atoms with van der Waals surface area (Å²) in [5.74, 6) is 0.701. The summed E-state index contributed by atoms with van der Waals surface area (Å²) in [5, 5.41) is 0. The fourth-order valence-corrected chi connectivity index (χ4v) is 0.984. The minimum atomic E-state index is -0.212. The standard InChI is InChI=1S/C6H12O2S/c1-3-4-5-9-8-6(2)7/h3-5H2,1-2H3. The molecule has 0 aliphatic rings. The van der Waals surface area contributed by atoms with Crippen molar-refractivity contribution in [2.45, 2.75) is 26.7 Å². The predicted octanol–water partition coefficient (Wildman–Crippen LogP) is 2.00. The van der Waals surface area contributed by atoms with E-state index in [-0.39, 0.29) is 5.97 Å². The SMILES string of the molecule is CCCCSOC(C)=O. The smallest absolute Gasteiger partial charge is 0.314 e. The van der Waals surface area contributed by atoms with E-state index in [0.717, 1.165) is 18.6 Å². The third-order valence-corrected chi connectivity index (χ3v) is 1.57. The van der Waals surface area contributed by atoms with E-state index in [4.69, 9.17) is 0 Å². The second-order valence-corrected chi connectivity index (χ2v) is 2.56. The molecule has 9 heavy (non-hydrogen) atoms. The fraction of sp³-hybridized carbons (Fsp3) is 0.833. The maximum atomic E-state index is 10.2. The Balaban J connectivity index is 2.83. The molecule has 2 nitrogen and oxygen atoms in total. The topological polar surface area (TPSA) is 26.3 Å². The van der Waals surface area contributed by atoms with Gasteiger partial charge in [0.05, 0.1) is 12.0 Å². The van der Waals surface area contributed by atoms with E-state index in [9.17, 15) is 4.79 Å². The van der Waals surface area contributed by atoms with Crippen LogP contribution < -0.4 is 0 Å². The van der Waals surface area contributed by atoms with Crippen LogP contribution in [0.15, 0.2) is 0 Å². The number of carbonyl (C=O) groups is 1. The molecule has 0 N–H and O–H groups in total. The number of hydrogen-bond donors (Lipinski definition) is 0. The molecule has 0 unspecified atom stereocenters. The molecule has 0 saturated heterocycles. The molecule has 0 aromatic carbocycles. The highest BCUT2D eigenvalue weighted by molar-refractivity contribution is 7.95. The van der Waals surface area contributed by atoms with Crippen molar-refractivity contribution in [2.24, 2.45) is 0 Å². The van der Waals surface area contributed by atoms with Gasteiger partial charge in [0.1, 0.15) is 0 Å². The lowest BCUT2D eigenvalue weighted by atomic mass is 10.4. The maximum Gasteiger partial charge on any atom is 0.314 e. The third kappa shape index (κ3) is 7.82. The predicted molar refractivity (Wildman–Crippen MR) is 39.1 cm³/mol. The van der Waals surface area contributed by atoms with E-state index in [2.05, 4.69) is 11.1 Å². The lowest BCUT2D eigenvalue weighted by molar-refractivity contribution is -0.130. The fourth-order valence-electron chi connectivity index (χ4n) is 0.328. The van der Waals surface area contributed by atoms with E-state index in [0.29, 0.717) is 0 Å². The van der Waals surface area contributed by atoms with Gasteiger partial charge in [-0.1, -0.05) is 13.3 Å². The molecule has 0 aromatic heterocycles. The average Bonchev–Trinajstić information content (AvgIpc) is 1.80. The molecular weight excluding hydrogens is 136 g/mol. The van der Waals surface area contributed by atoms with E-state index in [1.54, 1.807) is 0 Å². The van der Waals surface area contributed by atoms with Crippen LogP contribution in [0.1, 0.15) is 26.7 Å². The van der Waals surface area contributed by atoms with Crippen molar-refractivity contribution < 1.29 is 8.98 Å². The Labute approximate surface area is 60.2 Å². The molecule has 0 aromatic rings. The van der Waals surface area contributed by atoms with Gasteiger partial charge in [0.25, 0.3) is 0 Å². The monoisotopic (exact) mass is 148 g/mol. The maximum absolute atomic E-state index is 10.2. The summed E-state index contributed by atoms with van der Waals surface area (Å²) in [4.78, 5) is 10.2. The third-order valence-electron chi connectivity index (χ3n) is 0.758. The summed E-state index contributed by atoms with van der Waals surface area (Å²) in [6.07, 6.45) is 2.26. The molecule has 0 saturated carbocycles. The lowest BCUT2D eigenvalue weighted by Gasteiger charge is -1.95. The van der Waals surface area contributed by atoms with E-state index >= 15 is 0 Å². The summed E-state index contributed by atoms with van der Waals surface area (Å²) >= 11 is 1.24. The largest absolute Gasteiger partial charge is 0.392 e. The van der Waals surface area contributed by atoms with Crippen molar-refractivity contribution in [3.05, 3.63) is 0 Å². The molecule has 0 aliphatic carbocycles. The molecule has 0 heterocycles. The van der Waals surface area contributed by atoms with Crippen LogP contribution in [0.4, 0.5) is 0 Å². The Morgan fingerprint density at radius 3 is 2.78 bits per heavy atom. The quantitative estimate of drug-likeness (QED) is 0.450. The minimum Gasteiger partial charge on any atom is -0.392 e. The van der Waals surface area contributed by atoms with Crippen LogP contribution in [-0.2, 0) is 8.98 Å². The number of unbranched alkanes of at least 4 members (excludes halogenated alkanes) is 1. The molecule has 0 bridgehead atoms. The van der Waals surface area contributed by atoms with Crippen molar-refractivity contribution in [2.75, 3.05) is 5.75 Å². The van der Waals surface area contributed by atoms with E-state index < -0.39 is 0 Å². The zero-order valence-corrected chi connectivity index (χ0v) is 6.66. The van der Waals surface area contributed by atoms with Crippen molar-refractivity contribution >= 4 is 18.0 Å². The number of hydrogen-bond acceptors (Lipinski definition) is 3. The van der Waals surface area contributed by atoms with E-state index in [1.165, 1.54) is 19.0 Å². The summed E-state index contributed by atoms with van der Waals surface area (Å²) in [6, 6.07) is 0. The second-order valence-electron chi connectivity index (χ2n) is 1.75. The second kappa shape index (κ2) is 5.95. The first-order valence-corrected chi connectivity index (χ1v) is 3.98. The van der Waals surface area contributed by atoms with Gasteiger partial charge in [-0.3, -0.25) is 4.79 Å². The van der Waals surface area contributed by atoms with Gasteiger partial charge in [0.15, 0.2) is 0 Å². The number of rotatable bonds is 4. The normalized spacial score (nSPS) is 9.11. The molecule has 0 spiro atoms. The van der Waals surface area contributed by atoms with Crippen LogP contribution in [0, 0.1) is 0 Å². The molecular formula is C6H12O2S. The van der Waals surface area contributed by atoms with Gasteiger partial charge in [0, 0.05) is 12.7 Å². The molecule has 0 radical (unpaired) electrons. The van der Waals surface area contributed by atoms with Gasteiger partial charge < -0.3 is 4.18 Å². The van der Waals surface area contributed by atoms with Gasteiger partial charge in [-0.25, -0.2) is 0 Å². The Morgan fingerprint density at radius 1 is 1.67 bits per heavy atom.